The Balaban J connectivity index is 1.84. The maximum atomic E-state index is 9.98. The van der Waals surface area contributed by atoms with Crippen molar-refractivity contribution in [2.45, 2.75) is 26.0 Å². The smallest absolute Gasteiger partial charge is 0.240 e. The Labute approximate surface area is 82.7 Å². The quantitative estimate of drug-likeness (QED) is 0.753. The molecule has 0 saturated carbocycles. The standard InChI is InChI=1S/C9H15N3O2/c1-7(2)9(13)4-12(5-9)3-8-10-6-11-14-8/h6-7,13H,3-5H2,1-2H3. The molecular weight excluding hydrogens is 182 g/mol. The molecule has 1 N–H and O–H groups in total. The first kappa shape index (κ1) is 9.61. The van der Waals surface area contributed by atoms with Gasteiger partial charge in [0.15, 0.2) is 6.33 Å². The van der Waals surface area contributed by atoms with E-state index in [0.717, 1.165) is 0 Å². The number of β-amino-alcohol motifs (C(OH)–C–C–N with tert-alkyl or cyclic N) is 1. The van der Waals surface area contributed by atoms with Crippen LogP contribution in [0.2, 0.25) is 0 Å². The lowest BCUT2D eigenvalue weighted by molar-refractivity contribution is -0.133. The summed E-state index contributed by atoms with van der Waals surface area (Å²) in [6, 6.07) is 0. The fourth-order valence-corrected chi connectivity index (χ4v) is 1.66. The lowest BCUT2D eigenvalue weighted by Crippen LogP contribution is -2.63. The van der Waals surface area contributed by atoms with Gasteiger partial charge in [0.1, 0.15) is 0 Å². The topological polar surface area (TPSA) is 62.4 Å². The summed E-state index contributed by atoms with van der Waals surface area (Å²) in [4.78, 5) is 6.02. The van der Waals surface area contributed by atoms with Gasteiger partial charge < -0.3 is 9.63 Å². The largest absolute Gasteiger partial charge is 0.387 e. The van der Waals surface area contributed by atoms with Crippen molar-refractivity contribution in [2.24, 2.45) is 5.92 Å². The van der Waals surface area contributed by atoms with Crippen molar-refractivity contribution in [3.63, 3.8) is 0 Å². The fraction of sp³-hybridized carbons (Fsp3) is 0.778. The number of rotatable bonds is 3. The van der Waals surface area contributed by atoms with Gasteiger partial charge in [-0.3, -0.25) is 4.90 Å². The van der Waals surface area contributed by atoms with Gasteiger partial charge in [-0.15, -0.1) is 0 Å². The molecule has 0 atom stereocenters. The van der Waals surface area contributed by atoms with Crippen molar-refractivity contribution in [2.75, 3.05) is 13.1 Å². The maximum Gasteiger partial charge on any atom is 0.240 e. The molecule has 5 heteroatoms. The van der Waals surface area contributed by atoms with E-state index in [1.165, 1.54) is 6.33 Å². The van der Waals surface area contributed by atoms with Gasteiger partial charge >= 0.3 is 0 Å². The van der Waals surface area contributed by atoms with Gasteiger partial charge in [-0.2, -0.15) is 4.98 Å². The summed E-state index contributed by atoms with van der Waals surface area (Å²) in [7, 11) is 0. The first-order valence-electron chi connectivity index (χ1n) is 4.80. The average Bonchev–Trinajstić information content (AvgIpc) is 2.53. The first-order chi connectivity index (χ1) is 6.60. The zero-order chi connectivity index (χ0) is 10.2. The van der Waals surface area contributed by atoms with E-state index in [1.807, 2.05) is 13.8 Å². The number of nitrogens with zero attached hydrogens (tertiary/aromatic N) is 3. The lowest BCUT2D eigenvalue weighted by atomic mass is 9.83. The van der Waals surface area contributed by atoms with Gasteiger partial charge in [-0.1, -0.05) is 19.0 Å². The van der Waals surface area contributed by atoms with Gasteiger partial charge in [0.05, 0.1) is 12.1 Å². The van der Waals surface area contributed by atoms with Crippen LogP contribution >= 0.6 is 0 Å². The van der Waals surface area contributed by atoms with Gasteiger partial charge in [0.25, 0.3) is 0 Å². The molecule has 1 saturated heterocycles. The molecule has 0 radical (unpaired) electrons. The average molecular weight is 197 g/mol. The maximum absolute atomic E-state index is 9.98. The SMILES string of the molecule is CC(C)C1(O)CN(Cc2ncno2)C1. The van der Waals surface area contributed by atoms with Crippen LogP contribution in [0.5, 0.6) is 0 Å². The molecule has 0 amide bonds. The molecule has 1 aromatic rings. The Hall–Kier alpha value is -0.940. The highest BCUT2D eigenvalue weighted by Gasteiger charge is 2.43. The van der Waals surface area contributed by atoms with Crippen LogP contribution in [-0.4, -0.2) is 38.8 Å². The first-order valence-corrected chi connectivity index (χ1v) is 4.80. The Kier molecular flexibility index (Phi) is 2.28. The molecule has 0 aliphatic carbocycles. The van der Waals surface area contributed by atoms with E-state index < -0.39 is 5.60 Å². The van der Waals surface area contributed by atoms with Crippen LogP contribution in [0.1, 0.15) is 19.7 Å². The molecule has 0 unspecified atom stereocenters. The Bertz CT molecular complexity index is 291. The highest BCUT2D eigenvalue weighted by atomic mass is 16.5. The van der Waals surface area contributed by atoms with Crippen molar-refractivity contribution in [3.05, 3.63) is 12.2 Å². The zero-order valence-electron chi connectivity index (χ0n) is 8.47. The Morgan fingerprint density at radius 3 is 2.86 bits per heavy atom. The van der Waals surface area contributed by atoms with Crippen molar-refractivity contribution in [3.8, 4) is 0 Å². The number of likely N-dealkylation sites (tertiary alicyclic amines) is 1. The highest BCUT2D eigenvalue weighted by molar-refractivity contribution is 4.98. The van der Waals surface area contributed by atoms with Crippen molar-refractivity contribution in [1.29, 1.82) is 0 Å². The number of aliphatic hydroxyl groups is 1. The molecule has 2 heterocycles. The van der Waals surface area contributed by atoms with Crippen LogP contribution in [0, 0.1) is 5.92 Å². The van der Waals surface area contributed by atoms with Crippen LogP contribution in [0.4, 0.5) is 0 Å². The summed E-state index contributed by atoms with van der Waals surface area (Å²) < 4.78 is 4.88. The van der Waals surface area contributed by atoms with E-state index in [0.29, 0.717) is 31.4 Å². The molecule has 0 bridgehead atoms. The van der Waals surface area contributed by atoms with E-state index in [1.54, 1.807) is 0 Å². The second kappa shape index (κ2) is 3.33. The van der Waals surface area contributed by atoms with E-state index in [-0.39, 0.29) is 0 Å². The molecule has 0 spiro atoms. The molecule has 78 valence electrons. The predicted molar refractivity (Wildman–Crippen MR) is 49.4 cm³/mol. The monoisotopic (exact) mass is 197 g/mol. The number of hydrogen-bond acceptors (Lipinski definition) is 5. The normalized spacial score (nSPS) is 21.1. The van der Waals surface area contributed by atoms with E-state index >= 15 is 0 Å². The highest BCUT2D eigenvalue weighted by Crippen LogP contribution is 2.29. The van der Waals surface area contributed by atoms with E-state index in [4.69, 9.17) is 4.52 Å². The second-order valence-corrected chi connectivity index (χ2v) is 4.24. The van der Waals surface area contributed by atoms with Gasteiger partial charge in [0, 0.05) is 13.1 Å². The lowest BCUT2D eigenvalue weighted by Gasteiger charge is -2.48. The summed E-state index contributed by atoms with van der Waals surface area (Å²) in [5, 5.41) is 13.5. The second-order valence-electron chi connectivity index (χ2n) is 4.24. The van der Waals surface area contributed by atoms with Crippen LogP contribution in [-0.2, 0) is 6.54 Å². The molecule has 1 fully saturated rings. The Morgan fingerprint density at radius 2 is 2.36 bits per heavy atom. The minimum absolute atomic E-state index is 0.293. The van der Waals surface area contributed by atoms with Crippen LogP contribution in [0.25, 0.3) is 0 Å². The molecule has 1 aliphatic rings. The molecule has 1 aliphatic heterocycles. The minimum atomic E-state index is -0.528. The van der Waals surface area contributed by atoms with Crippen LogP contribution in [0.3, 0.4) is 0 Å². The number of aromatic nitrogens is 2. The minimum Gasteiger partial charge on any atom is -0.387 e. The molecule has 2 rings (SSSR count). The summed E-state index contributed by atoms with van der Waals surface area (Å²) in [6.07, 6.45) is 1.39. The molecule has 5 nitrogen and oxygen atoms in total. The van der Waals surface area contributed by atoms with Crippen molar-refractivity contribution in [1.82, 2.24) is 15.0 Å². The third-order valence-electron chi connectivity index (χ3n) is 2.84. The van der Waals surface area contributed by atoms with E-state index in [9.17, 15) is 5.11 Å². The summed E-state index contributed by atoms with van der Waals surface area (Å²) in [6.45, 7) is 6.07. The third-order valence-corrected chi connectivity index (χ3v) is 2.84. The van der Waals surface area contributed by atoms with Crippen molar-refractivity contribution >= 4 is 0 Å². The van der Waals surface area contributed by atoms with Crippen LogP contribution < -0.4 is 0 Å². The molecule has 0 aromatic carbocycles. The summed E-state index contributed by atoms with van der Waals surface area (Å²) in [5.74, 6) is 0.900. The fourth-order valence-electron chi connectivity index (χ4n) is 1.66. The van der Waals surface area contributed by atoms with Crippen LogP contribution in [0.15, 0.2) is 10.9 Å². The van der Waals surface area contributed by atoms with Gasteiger partial charge in [-0.25, -0.2) is 0 Å². The number of hydrogen-bond donors (Lipinski definition) is 1. The van der Waals surface area contributed by atoms with Gasteiger partial charge in [-0.05, 0) is 5.92 Å². The third kappa shape index (κ3) is 1.65. The summed E-state index contributed by atoms with van der Waals surface area (Å²) >= 11 is 0. The van der Waals surface area contributed by atoms with E-state index in [2.05, 4.69) is 15.0 Å². The zero-order valence-corrected chi connectivity index (χ0v) is 8.47. The van der Waals surface area contributed by atoms with Crippen molar-refractivity contribution < 1.29 is 9.63 Å². The van der Waals surface area contributed by atoms with Gasteiger partial charge in [0.2, 0.25) is 5.89 Å². The summed E-state index contributed by atoms with van der Waals surface area (Å²) in [5.41, 5.74) is -0.528. The molecule has 1 aromatic heterocycles. The predicted octanol–water partition coefficient (Wildman–Crippen LogP) is 0.272. The Morgan fingerprint density at radius 1 is 1.64 bits per heavy atom. The molecular formula is C9H15N3O2. The molecule has 14 heavy (non-hydrogen) atoms.